The van der Waals surface area contributed by atoms with Crippen molar-refractivity contribution < 1.29 is 17.2 Å². The second-order valence-corrected chi connectivity index (χ2v) is 3.34. The number of hydrogen-bond donors (Lipinski definition) is 2. The van der Waals surface area contributed by atoms with E-state index < -0.39 is 27.4 Å². The van der Waals surface area contributed by atoms with Crippen LogP contribution in [0.25, 0.3) is 0 Å². The van der Waals surface area contributed by atoms with Gasteiger partial charge in [0.15, 0.2) is 0 Å². The Morgan fingerprint density at radius 1 is 1.29 bits per heavy atom. The summed E-state index contributed by atoms with van der Waals surface area (Å²) < 4.78 is 34.3. The normalized spacial score (nSPS) is 11.3. The zero-order valence-corrected chi connectivity index (χ0v) is 7.67. The molecule has 0 unspecified atom stereocenters. The highest BCUT2D eigenvalue weighted by Gasteiger charge is 2.09. The average molecular weight is 221 g/mol. The van der Waals surface area contributed by atoms with Crippen molar-refractivity contribution in [3.8, 4) is 5.75 Å². The average Bonchev–Trinajstić information content (AvgIpc) is 1.95. The predicted octanol–water partition coefficient (Wildman–Crippen LogP) is -1.79. The first kappa shape index (κ1) is 10.5. The van der Waals surface area contributed by atoms with E-state index in [4.69, 9.17) is 0 Å². The van der Waals surface area contributed by atoms with E-state index in [9.17, 15) is 22.6 Å². The van der Waals surface area contributed by atoms with Gasteiger partial charge in [-0.05, 0) is 6.92 Å². The highest BCUT2D eigenvalue weighted by Crippen LogP contribution is 2.07. The molecule has 0 aromatic carbocycles. The summed E-state index contributed by atoms with van der Waals surface area (Å²) >= 11 is 0. The van der Waals surface area contributed by atoms with E-state index in [0.717, 1.165) is 0 Å². The second kappa shape index (κ2) is 3.27. The van der Waals surface area contributed by atoms with E-state index in [2.05, 4.69) is 9.17 Å². The fraction of sp³-hybridized carbons (Fsp3) is 0.200. The largest absolute Gasteiger partial charge is 0.716 e. The molecule has 0 radical (unpaired) electrons. The van der Waals surface area contributed by atoms with E-state index in [1.54, 1.807) is 4.98 Å². The number of hydrogen-bond acceptors (Lipinski definition) is 6. The Bertz CT molecular complexity index is 552. The smallest absolute Gasteiger partial charge is 0.326 e. The molecule has 1 aromatic rings. The third-order valence-electron chi connectivity index (χ3n) is 1.26. The minimum atomic E-state index is -5.03. The van der Waals surface area contributed by atoms with Crippen LogP contribution >= 0.6 is 0 Å². The monoisotopic (exact) mass is 221 g/mol. The number of rotatable bonds is 2. The molecule has 78 valence electrons. The van der Waals surface area contributed by atoms with Crippen LogP contribution in [0.5, 0.6) is 5.75 Å². The number of aryl methyl sites for hydroxylation is 1. The lowest BCUT2D eigenvalue weighted by Gasteiger charge is -2.08. The number of aromatic nitrogens is 2. The van der Waals surface area contributed by atoms with Gasteiger partial charge in [-0.3, -0.25) is 9.78 Å². The Hall–Kier alpha value is -1.61. The highest BCUT2D eigenvalue weighted by atomic mass is 32.3. The molecule has 1 rings (SSSR count). The van der Waals surface area contributed by atoms with Gasteiger partial charge in [0.05, 0.1) is 5.69 Å². The van der Waals surface area contributed by atoms with Crippen LogP contribution in [0.2, 0.25) is 0 Å². The summed E-state index contributed by atoms with van der Waals surface area (Å²) in [5, 5.41) is 0. The molecule has 14 heavy (non-hydrogen) atoms. The summed E-state index contributed by atoms with van der Waals surface area (Å²) in [6, 6.07) is 0. The van der Waals surface area contributed by atoms with Crippen LogP contribution < -0.4 is 15.4 Å². The van der Waals surface area contributed by atoms with Gasteiger partial charge < -0.3 is 13.7 Å². The third-order valence-corrected chi connectivity index (χ3v) is 1.63. The fourth-order valence-electron chi connectivity index (χ4n) is 0.791. The Balaban J connectivity index is 3.37. The number of H-pyrrole nitrogens is 2. The van der Waals surface area contributed by atoms with E-state index >= 15 is 0 Å². The summed E-state index contributed by atoms with van der Waals surface area (Å²) in [6.07, 6.45) is 0. The van der Waals surface area contributed by atoms with Crippen LogP contribution in [0.3, 0.4) is 0 Å². The minimum Gasteiger partial charge on any atom is -0.716 e. The van der Waals surface area contributed by atoms with Crippen LogP contribution in [0.4, 0.5) is 0 Å². The maximum Gasteiger partial charge on any atom is 0.326 e. The van der Waals surface area contributed by atoms with Crippen LogP contribution in [0.15, 0.2) is 9.59 Å². The molecule has 0 bridgehead atoms. The molecule has 1 aromatic heterocycles. The Morgan fingerprint density at radius 3 is 2.29 bits per heavy atom. The summed E-state index contributed by atoms with van der Waals surface area (Å²) in [5.74, 6) is -0.736. The van der Waals surface area contributed by atoms with Gasteiger partial charge in [0.25, 0.3) is 16.0 Å². The van der Waals surface area contributed by atoms with E-state index in [1.165, 1.54) is 6.92 Å². The van der Waals surface area contributed by atoms with Gasteiger partial charge in [0, 0.05) is 0 Å². The predicted molar refractivity (Wildman–Crippen MR) is 42.7 cm³/mol. The molecular formula is C5H5N2O6S-. The van der Waals surface area contributed by atoms with Crippen molar-refractivity contribution in [2.45, 2.75) is 6.92 Å². The van der Waals surface area contributed by atoms with Crippen LogP contribution in [0.1, 0.15) is 5.69 Å². The Kier molecular flexibility index (Phi) is 2.45. The standard InChI is InChI=1S/C5H6N2O6S/c1-2-3(13-14(10,11)12)4(8)7-5(9)6-2/h1H3,(H,10,11,12)(H2,6,7,8,9)/p-1. The van der Waals surface area contributed by atoms with Crippen LogP contribution in [-0.2, 0) is 10.4 Å². The SMILES string of the molecule is Cc1[nH]c(=O)[nH]c(=O)c1OS(=O)(=O)[O-]. The van der Waals surface area contributed by atoms with Crippen molar-refractivity contribution in [1.29, 1.82) is 0 Å². The van der Waals surface area contributed by atoms with E-state index in [0.29, 0.717) is 0 Å². The van der Waals surface area contributed by atoms with Gasteiger partial charge in [-0.15, -0.1) is 0 Å². The molecule has 0 fully saturated rings. The van der Waals surface area contributed by atoms with Gasteiger partial charge in [-0.1, -0.05) is 0 Å². The molecule has 8 nitrogen and oxygen atoms in total. The molecule has 1 heterocycles. The summed E-state index contributed by atoms with van der Waals surface area (Å²) in [4.78, 5) is 25.3. The molecule has 0 spiro atoms. The zero-order chi connectivity index (χ0) is 10.9. The van der Waals surface area contributed by atoms with Crippen molar-refractivity contribution in [3.05, 3.63) is 26.5 Å². The first-order chi connectivity index (χ1) is 6.29. The van der Waals surface area contributed by atoms with Crippen molar-refractivity contribution in [3.63, 3.8) is 0 Å². The maximum atomic E-state index is 10.9. The molecule has 0 saturated heterocycles. The van der Waals surface area contributed by atoms with Gasteiger partial charge in [0.2, 0.25) is 5.75 Å². The first-order valence-electron chi connectivity index (χ1n) is 3.28. The molecule has 9 heteroatoms. The van der Waals surface area contributed by atoms with Crippen molar-refractivity contribution >= 4 is 10.4 Å². The van der Waals surface area contributed by atoms with Crippen molar-refractivity contribution in [2.75, 3.05) is 0 Å². The molecule has 0 atom stereocenters. The molecule has 0 amide bonds. The van der Waals surface area contributed by atoms with Crippen molar-refractivity contribution in [1.82, 2.24) is 9.97 Å². The molecular weight excluding hydrogens is 216 g/mol. The molecule has 0 saturated carbocycles. The molecule has 2 N–H and O–H groups in total. The highest BCUT2D eigenvalue weighted by molar-refractivity contribution is 7.81. The zero-order valence-electron chi connectivity index (χ0n) is 6.86. The Labute approximate surface area is 77.5 Å². The van der Waals surface area contributed by atoms with Gasteiger partial charge in [-0.25, -0.2) is 13.2 Å². The molecule has 0 aliphatic heterocycles. The first-order valence-corrected chi connectivity index (χ1v) is 4.61. The number of nitrogens with one attached hydrogen (secondary N) is 2. The lowest BCUT2D eigenvalue weighted by atomic mass is 10.4. The van der Waals surface area contributed by atoms with Crippen LogP contribution in [-0.4, -0.2) is 22.9 Å². The quantitative estimate of drug-likeness (QED) is 0.447. The van der Waals surface area contributed by atoms with Crippen LogP contribution in [0, 0.1) is 6.92 Å². The van der Waals surface area contributed by atoms with Gasteiger partial charge >= 0.3 is 5.69 Å². The second-order valence-electron chi connectivity index (χ2n) is 2.35. The van der Waals surface area contributed by atoms with Gasteiger partial charge in [-0.2, -0.15) is 0 Å². The molecule has 0 aliphatic rings. The summed E-state index contributed by atoms with van der Waals surface area (Å²) in [6.45, 7) is 1.22. The molecule has 0 aliphatic carbocycles. The fourth-order valence-corrected chi connectivity index (χ4v) is 1.20. The Morgan fingerprint density at radius 2 is 1.86 bits per heavy atom. The van der Waals surface area contributed by atoms with E-state index in [-0.39, 0.29) is 5.69 Å². The minimum absolute atomic E-state index is 0.141. The lowest BCUT2D eigenvalue weighted by molar-refractivity contribution is 0.368. The van der Waals surface area contributed by atoms with E-state index in [1.807, 2.05) is 0 Å². The summed E-state index contributed by atoms with van der Waals surface area (Å²) in [7, 11) is -5.03. The van der Waals surface area contributed by atoms with Crippen molar-refractivity contribution in [2.24, 2.45) is 0 Å². The topological polar surface area (TPSA) is 132 Å². The third kappa shape index (κ3) is 2.44. The summed E-state index contributed by atoms with van der Waals surface area (Å²) in [5.41, 5.74) is -2.04. The maximum absolute atomic E-state index is 10.9. The van der Waals surface area contributed by atoms with Gasteiger partial charge in [0.1, 0.15) is 0 Å². The lowest BCUT2D eigenvalue weighted by Crippen LogP contribution is -2.26. The number of aromatic amines is 2.